The van der Waals surface area contributed by atoms with Crippen LogP contribution in [0.3, 0.4) is 0 Å². The average Bonchev–Trinajstić information content (AvgIpc) is 2.19. The number of anilines is 2. The van der Waals surface area contributed by atoms with E-state index in [1.54, 1.807) is 6.20 Å². The van der Waals surface area contributed by atoms with Gasteiger partial charge < -0.3 is 10.6 Å². The van der Waals surface area contributed by atoms with Crippen LogP contribution in [0, 0.1) is 0 Å². The van der Waals surface area contributed by atoms with Crippen molar-refractivity contribution in [2.45, 2.75) is 6.42 Å². The summed E-state index contributed by atoms with van der Waals surface area (Å²) in [4.78, 5) is 9.97. The van der Waals surface area contributed by atoms with Crippen molar-refractivity contribution in [1.82, 2.24) is 9.97 Å². The number of halogens is 1. The van der Waals surface area contributed by atoms with Crippen LogP contribution >= 0.6 is 11.6 Å². The Balaban J connectivity index is 2.27. The molecule has 0 aliphatic carbocycles. The average molecular weight is 211 g/mol. The summed E-state index contributed by atoms with van der Waals surface area (Å²) in [6.07, 6.45) is 6.97. The van der Waals surface area contributed by atoms with Gasteiger partial charge in [0.05, 0.1) is 11.9 Å². The lowest BCUT2D eigenvalue weighted by Crippen LogP contribution is -2.27. The van der Waals surface area contributed by atoms with E-state index in [0.29, 0.717) is 5.82 Å². The van der Waals surface area contributed by atoms with Gasteiger partial charge in [0.25, 0.3) is 0 Å². The van der Waals surface area contributed by atoms with Crippen molar-refractivity contribution in [1.29, 1.82) is 0 Å². The third kappa shape index (κ3) is 1.80. The fourth-order valence-corrected chi connectivity index (χ4v) is 1.61. The van der Waals surface area contributed by atoms with Crippen molar-refractivity contribution in [2.75, 3.05) is 23.7 Å². The second-order valence-electron chi connectivity index (χ2n) is 3.12. The van der Waals surface area contributed by atoms with Gasteiger partial charge in [0.2, 0.25) is 5.28 Å². The Kier molecular flexibility index (Phi) is 2.54. The zero-order chi connectivity index (χ0) is 9.97. The highest BCUT2D eigenvalue weighted by molar-refractivity contribution is 6.28. The zero-order valence-corrected chi connectivity index (χ0v) is 8.41. The standard InChI is InChI=1S/C9H11ClN4/c10-9-12-6-7(8(11)13-9)14-4-2-1-3-5-14/h1-2,6H,3-5H2,(H2,11,12,13). The van der Waals surface area contributed by atoms with Crippen LogP contribution in [-0.2, 0) is 0 Å². The number of nitrogens with zero attached hydrogens (tertiary/aromatic N) is 3. The molecule has 0 aromatic carbocycles. The topological polar surface area (TPSA) is 55.0 Å². The molecule has 0 amide bonds. The van der Waals surface area contributed by atoms with Crippen LogP contribution in [0.5, 0.6) is 0 Å². The first-order valence-corrected chi connectivity index (χ1v) is 4.83. The molecule has 1 aromatic rings. The predicted molar refractivity (Wildman–Crippen MR) is 57.4 cm³/mol. The molecule has 1 aliphatic rings. The fraction of sp³-hybridized carbons (Fsp3) is 0.333. The highest BCUT2D eigenvalue weighted by Crippen LogP contribution is 2.22. The second kappa shape index (κ2) is 3.84. The molecule has 0 bridgehead atoms. The molecule has 0 radical (unpaired) electrons. The number of hydrogen-bond donors (Lipinski definition) is 1. The van der Waals surface area contributed by atoms with Crippen molar-refractivity contribution >= 4 is 23.1 Å². The van der Waals surface area contributed by atoms with E-state index in [-0.39, 0.29) is 5.28 Å². The molecule has 2 rings (SSSR count). The molecule has 1 aliphatic heterocycles. The number of nitrogens with two attached hydrogens (primary N) is 1. The minimum atomic E-state index is 0.193. The minimum Gasteiger partial charge on any atom is -0.382 e. The van der Waals surface area contributed by atoms with Gasteiger partial charge in [0, 0.05) is 13.1 Å². The second-order valence-corrected chi connectivity index (χ2v) is 3.45. The monoisotopic (exact) mass is 210 g/mol. The van der Waals surface area contributed by atoms with Crippen LogP contribution in [0.15, 0.2) is 18.3 Å². The maximum absolute atomic E-state index is 5.75. The first-order valence-electron chi connectivity index (χ1n) is 4.45. The Labute approximate surface area is 87.4 Å². The van der Waals surface area contributed by atoms with Crippen molar-refractivity contribution in [3.63, 3.8) is 0 Å². The molecule has 0 saturated heterocycles. The molecule has 0 atom stereocenters. The predicted octanol–water partition coefficient (Wildman–Crippen LogP) is 1.48. The summed E-state index contributed by atoms with van der Waals surface area (Å²) < 4.78 is 0. The third-order valence-electron chi connectivity index (χ3n) is 2.17. The Hall–Kier alpha value is -1.29. The molecule has 2 heterocycles. The highest BCUT2D eigenvalue weighted by Gasteiger charge is 2.11. The van der Waals surface area contributed by atoms with Gasteiger partial charge in [0.1, 0.15) is 0 Å². The first-order chi connectivity index (χ1) is 6.77. The van der Waals surface area contributed by atoms with Gasteiger partial charge in [-0.3, -0.25) is 0 Å². The Morgan fingerprint density at radius 3 is 2.93 bits per heavy atom. The molecule has 0 unspecified atom stereocenters. The van der Waals surface area contributed by atoms with E-state index in [4.69, 9.17) is 17.3 Å². The van der Waals surface area contributed by atoms with Crippen LogP contribution in [-0.4, -0.2) is 23.1 Å². The molecule has 74 valence electrons. The number of aromatic nitrogens is 2. The Morgan fingerprint density at radius 1 is 1.43 bits per heavy atom. The van der Waals surface area contributed by atoms with Crippen molar-refractivity contribution in [3.8, 4) is 0 Å². The van der Waals surface area contributed by atoms with Crippen molar-refractivity contribution < 1.29 is 0 Å². The van der Waals surface area contributed by atoms with Gasteiger partial charge in [0.15, 0.2) is 5.82 Å². The summed E-state index contributed by atoms with van der Waals surface area (Å²) in [6, 6.07) is 0. The van der Waals surface area contributed by atoms with Gasteiger partial charge in [-0.25, -0.2) is 4.98 Å². The molecule has 0 spiro atoms. The molecule has 1 aromatic heterocycles. The summed E-state index contributed by atoms with van der Waals surface area (Å²) in [5.41, 5.74) is 6.61. The van der Waals surface area contributed by atoms with E-state index >= 15 is 0 Å². The smallest absolute Gasteiger partial charge is 0.224 e. The summed E-state index contributed by atoms with van der Waals surface area (Å²) in [5, 5.41) is 0.193. The van der Waals surface area contributed by atoms with Gasteiger partial charge in [-0.05, 0) is 18.0 Å². The van der Waals surface area contributed by atoms with Gasteiger partial charge in [-0.1, -0.05) is 12.2 Å². The highest BCUT2D eigenvalue weighted by atomic mass is 35.5. The fourth-order valence-electron chi connectivity index (χ4n) is 1.47. The molecule has 0 saturated carbocycles. The minimum absolute atomic E-state index is 0.193. The number of rotatable bonds is 1. The van der Waals surface area contributed by atoms with Crippen molar-refractivity contribution in [2.24, 2.45) is 0 Å². The van der Waals surface area contributed by atoms with Crippen LogP contribution in [0.2, 0.25) is 5.28 Å². The SMILES string of the molecule is Nc1nc(Cl)ncc1N1CC=CCC1. The van der Waals surface area contributed by atoms with E-state index in [2.05, 4.69) is 27.0 Å². The maximum Gasteiger partial charge on any atom is 0.224 e. The van der Waals surface area contributed by atoms with Crippen LogP contribution in [0.1, 0.15) is 6.42 Å². The van der Waals surface area contributed by atoms with Crippen LogP contribution < -0.4 is 10.6 Å². The summed E-state index contributed by atoms with van der Waals surface area (Å²) in [6.45, 7) is 1.81. The van der Waals surface area contributed by atoms with E-state index < -0.39 is 0 Å². The van der Waals surface area contributed by atoms with Crippen LogP contribution in [0.4, 0.5) is 11.5 Å². The largest absolute Gasteiger partial charge is 0.382 e. The zero-order valence-electron chi connectivity index (χ0n) is 7.65. The van der Waals surface area contributed by atoms with Crippen molar-refractivity contribution in [3.05, 3.63) is 23.6 Å². The summed E-state index contributed by atoms with van der Waals surface area (Å²) >= 11 is 5.62. The first kappa shape index (κ1) is 9.27. The molecule has 4 nitrogen and oxygen atoms in total. The lowest BCUT2D eigenvalue weighted by Gasteiger charge is -2.25. The number of nitrogen functional groups attached to an aromatic ring is 1. The number of hydrogen-bond acceptors (Lipinski definition) is 4. The third-order valence-corrected chi connectivity index (χ3v) is 2.35. The molecule has 14 heavy (non-hydrogen) atoms. The molecular weight excluding hydrogens is 200 g/mol. The van der Waals surface area contributed by atoms with E-state index in [1.807, 2.05) is 0 Å². The molecule has 5 heteroatoms. The Morgan fingerprint density at radius 2 is 2.29 bits per heavy atom. The quantitative estimate of drug-likeness (QED) is 0.564. The summed E-state index contributed by atoms with van der Waals surface area (Å²) in [7, 11) is 0. The van der Waals surface area contributed by atoms with Gasteiger partial charge >= 0.3 is 0 Å². The molecule has 2 N–H and O–H groups in total. The lowest BCUT2D eigenvalue weighted by molar-refractivity contribution is 0.816. The normalized spacial score (nSPS) is 15.9. The summed E-state index contributed by atoms with van der Waals surface area (Å²) in [5.74, 6) is 0.445. The Bertz CT molecular complexity index is 364. The van der Waals surface area contributed by atoms with Gasteiger partial charge in [-0.2, -0.15) is 4.98 Å². The molecular formula is C9H11ClN4. The van der Waals surface area contributed by atoms with E-state index in [1.165, 1.54) is 0 Å². The van der Waals surface area contributed by atoms with E-state index in [0.717, 1.165) is 25.2 Å². The van der Waals surface area contributed by atoms with Gasteiger partial charge in [-0.15, -0.1) is 0 Å². The molecule has 0 fully saturated rings. The van der Waals surface area contributed by atoms with E-state index in [9.17, 15) is 0 Å². The maximum atomic E-state index is 5.75. The van der Waals surface area contributed by atoms with Crippen LogP contribution in [0.25, 0.3) is 0 Å². The lowest BCUT2D eigenvalue weighted by atomic mass is 10.2.